The van der Waals surface area contributed by atoms with Gasteiger partial charge in [-0.1, -0.05) is 0 Å². The molecule has 2 fully saturated rings. The van der Waals surface area contributed by atoms with E-state index in [4.69, 9.17) is 41.2 Å². The Kier molecular flexibility index (Phi) is 26.5. The zero-order valence-electron chi connectivity index (χ0n) is 34.8. The molecule has 0 aromatic heterocycles. The Morgan fingerprint density at radius 3 is 1.32 bits per heavy atom. The third-order valence-electron chi connectivity index (χ3n) is 8.65. The largest absolute Gasteiger partial charge is 0.397 e. The molecule has 10 N–H and O–H groups in total. The lowest BCUT2D eigenvalue weighted by molar-refractivity contribution is -0.291. The third-order valence-corrected chi connectivity index (χ3v) is 13.0. The molecular weight excluding hydrogens is 1230 g/mol. The maximum atomic E-state index is 12.2. The van der Waals surface area contributed by atoms with E-state index in [1.807, 2.05) is 0 Å². The van der Waals surface area contributed by atoms with Gasteiger partial charge in [0.05, 0.1) is 32.5 Å². The summed E-state index contributed by atoms with van der Waals surface area (Å²) in [6.45, 7) is -6.23. The van der Waals surface area contributed by atoms with E-state index >= 15 is 0 Å². The number of hydrogen-bond donors (Lipinski definition) is 10. The van der Waals surface area contributed by atoms with E-state index in [1.54, 1.807) is 0 Å². The van der Waals surface area contributed by atoms with Gasteiger partial charge in [0.2, 0.25) is 0 Å². The summed E-state index contributed by atoms with van der Waals surface area (Å²) >= 11 is -14.3. The van der Waals surface area contributed by atoms with Crippen LogP contribution in [0.4, 0.5) is 0 Å². The summed E-state index contributed by atoms with van der Waals surface area (Å²) in [4.78, 5) is 0. The van der Waals surface area contributed by atoms with Crippen molar-refractivity contribution in [3.63, 3.8) is 0 Å². The molecule has 430 valence electrons. The van der Waals surface area contributed by atoms with Crippen molar-refractivity contribution < 1.29 is 178 Å². The topological polar surface area (TPSA) is 614 Å². The first-order chi connectivity index (χ1) is 32.6. The maximum Gasteiger partial charge on any atom is 0.397 e. The number of methoxy groups -OCH3 is 2. The fourth-order valence-corrected chi connectivity index (χ4v) is 10.7. The Morgan fingerprint density at radius 1 is 0.486 bits per heavy atom. The molecule has 51 heteroatoms. The van der Waals surface area contributed by atoms with E-state index in [0.29, 0.717) is 14.2 Å². The van der Waals surface area contributed by atoms with Crippen LogP contribution in [0.25, 0.3) is 0 Å². The van der Waals surface area contributed by atoms with Crippen LogP contribution < -0.4 is 0 Å². The smallest absolute Gasteiger partial charge is 0.376 e. The van der Waals surface area contributed by atoms with Gasteiger partial charge < -0.3 is 23.7 Å². The van der Waals surface area contributed by atoms with Gasteiger partial charge in [-0.15, -0.1) is 0 Å². The van der Waals surface area contributed by atoms with Crippen molar-refractivity contribution >= 4 is 108 Å². The van der Waals surface area contributed by atoms with Gasteiger partial charge in [0, 0.05) is 20.1 Å². The predicted molar refractivity (Wildman–Crippen MR) is 217 cm³/mol. The van der Waals surface area contributed by atoms with Crippen molar-refractivity contribution in [3.8, 4) is 0 Å². The third kappa shape index (κ3) is 25.2. The molecule has 72 heavy (non-hydrogen) atoms. The normalized spacial score (nSPS) is 29.6. The Labute approximate surface area is 416 Å². The first kappa shape index (κ1) is 67.4. The molecule has 1 saturated heterocycles. The number of ether oxygens (including phenoxy) is 5. The van der Waals surface area contributed by atoms with Gasteiger partial charge in [0.1, 0.15) is 61.0 Å². The lowest BCUT2D eigenvalue weighted by Crippen LogP contribution is -2.63. The van der Waals surface area contributed by atoms with Gasteiger partial charge >= 0.3 is 108 Å². The molecule has 0 spiro atoms. The second-order valence-corrected chi connectivity index (χ2v) is 22.2. The average molecular weight is 1270 g/mol. The van der Waals surface area contributed by atoms with Crippen LogP contribution in [-0.2, 0) is 173 Å². The summed E-state index contributed by atoms with van der Waals surface area (Å²) in [5.41, 5.74) is 0. The summed E-state index contributed by atoms with van der Waals surface area (Å²) in [7, 11) is -33.3. The quantitative estimate of drug-likeness (QED) is 0.0216. The van der Waals surface area contributed by atoms with Crippen molar-refractivity contribution in [2.45, 2.75) is 86.0 Å². The van der Waals surface area contributed by atoms with E-state index in [2.05, 4.69) is 33.5 Å². The highest BCUT2D eigenvalue weighted by Gasteiger charge is 2.56. The Hall–Kier alpha value is -0.700. The van der Waals surface area contributed by atoms with Crippen LogP contribution in [0.5, 0.6) is 0 Å². The van der Waals surface area contributed by atoms with Gasteiger partial charge in [0.15, 0.2) is 12.4 Å². The summed E-state index contributed by atoms with van der Waals surface area (Å²) < 4.78 is 355. The molecule has 18 atom stereocenters. The average Bonchev–Trinajstić information content (AvgIpc) is 3.16. The van der Waals surface area contributed by atoms with Crippen LogP contribution in [0.1, 0.15) is 6.42 Å². The van der Waals surface area contributed by atoms with E-state index in [1.165, 1.54) is 0 Å². The van der Waals surface area contributed by atoms with Crippen LogP contribution in [-0.4, -0.2) is 233 Å². The summed E-state index contributed by atoms with van der Waals surface area (Å²) in [5.74, 6) is -2.10. The molecule has 41 nitrogen and oxygen atoms in total. The van der Waals surface area contributed by atoms with E-state index in [0.717, 1.165) is 0 Å². The number of rotatable bonds is 33. The summed E-state index contributed by atoms with van der Waals surface area (Å²) in [6.07, 6.45) is -34.4. The molecule has 0 amide bonds. The van der Waals surface area contributed by atoms with Crippen molar-refractivity contribution in [2.24, 2.45) is 5.92 Å². The number of hydrogen-bond acceptors (Lipinski definition) is 31. The molecule has 2 aliphatic rings. The van der Waals surface area contributed by atoms with Gasteiger partial charge in [0.25, 0.3) is 0 Å². The molecule has 1 saturated carbocycles. The Morgan fingerprint density at radius 2 is 0.903 bits per heavy atom. The molecular formula is C21H40O41S10. The van der Waals surface area contributed by atoms with E-state index < -0.39 is 226 Å². The predicted octanol–water partition coefficient (Wildman–Crippen LogP) is -6.36. The fourth-order valence-electron chi connectivity index (χ4n) is 6.46. The first-order valence-corrected chi connectivity index (χ1v) is 29.9. The minimum absolute atomic E-state index is 0.623. The zero-order valence-corrected chi connectivity index (χ0v) is 43.0. The minimum atomic E-state index is -6.03. The van der Waals surface area contributed by atoms with Gasteiger partial charge in [-0.3, -0.25) is 62.3 Å². The minimum Gasteiger partial charge on any atom is -0.376 e. The molecule has 2 rings (SSSR count). The lowest BCUT2D eigenvalue weighted by atomic mass is 9.81. The van der Waals surface area contributed by atoms with Gasteiger partial charge in [-0.05, 0) is 6.42 Å². The highest BCUT2D eigenvalue weighted by Crippen LogP contribution is 2.38. The van der Waals surface area contributed by atoms with Crippen molar-refractivity contribution in [3.05, 3.63) is 0 Å². The summed E-state index contributed by atoms with van der Waals surface area (Å²) in [5, 5.41) is 0. The van der Waals surface area contributed by atoms with Crippen LogP contribution in [0.15, 0.2) is 0 Å². The summed E-state index contributed by atoms with van der Waals surface area (Å²) in [6, 6.07) is 0. The Bertz CT molecular complexity index is 2550. The molecule has 0 bridgehead atoms. The van der Waals surface area contributed by atoms with Crippen molar-refractivity contribution in [1.82, 2.24) is 0 Å². The van der Waals surface area contributed by atoms with Gasteiger partial charge in [-0.25, -0.2) is 25.1 Å². The fraction of sp³-hybridized carbons (Fsp3) is 1.00. The lowest BCUT2D eigenvalue weighted by Gasteiger charge is -2.45. The standard InChI is InChI=1S/C21H40O41S10/c1-48-14(15(49-2)12(60-70(39,40)41)7-53-68(33,34)35)11(59-69(36,37)38)5-50-9-3-8(13(55-63(22)23)19(62-72(45,46)47)17(9)61-71(42,43)44)4-51-21-20(58-66(28)29)18(57-65(26)27)16(56-64(24)25)10(54-21)6-52-67(30,31)32/h8-21H,3-7H2,1-2H3,(H,22,23)(H,24,25)(H,26,27)(H,28,29)(H,30,31,32)(H,33,34,35)(H,36,37,38)(H,39,40,41)(H,42,43,44)(H,45,46,47)/t8-,9-,10-,11-,12-,13-,14-,15-,16-,17+,18+,19+,20-,21-/m1/s1. The molecule has 1 aliphatic carbocycles. The Balaban J connectivity index is 2.89. The molecule has 0 aromatic rings. The zero-order chi connectivity index (χ0) is 55.5. The monoisotopic (exact) mass is 1270 g/mol. The second-order valence-electron chi connectivity index (χ2n) is 13.3. The highest BCUT2D eigenvalue weighted by atomic mass is 32.3. The van der Waals surface area contributed by atoms with Crippen LogP contribution >= 0.6 is 0 Å². The van der Waals surface area contributed by atoms with Crippen molar-refractivity contribution in [2.75, 3.05) is 40.6 Å². The molecule has 0 radical (unpaired) electrons. The maximum absolute atomic E-state index is 12.2. The van der Waals surface area contributed by atoms with Crippen LogP contribution in [0.3, 0.4) is 0 Å². The van der Waals surface area contributed by atoms with Crippen LogP contribution in [0, 0.1) is 5.92 Å². The SMILES string of the molecule is CO[C@@H]([C@H](OC)[C@@H](COS(=O)(=O)O)OS(=O)(=O)O)[C@@H](CO[C@@H]1C[C@H](CO[C@@H]2O[C@H](COS(=O)(=O)O)[C@@H](OS(=O)O)[C@H](OS(=O)O)[C@H]2OS(=O)O)[C@@H](OS(=O)O)[C@H](OS(=O)(=O)O)[C@H]1OS(=O)(=O)O)OS(=O)(=O)O. The van der Waals surface area contributed by atoms with Crippen LogP contribution in [0.2, 0.25) is 0 Å². The van der Waals surface area contributed by atoms with Gasteiger partial charge in [-0.2, -0.15) is 67.3 Å². The second kappa shape index (κ2) is 28.3. The van der Waals surface area contributed by atoms with Crippen molar-refractivity contribution in [1.29, 1.82) is 0 Å². The molecule has 1 heterocycles. The molecule has 0 aromatic carbocycles. The van der Waals surface area contributed by atoms with E-state index in [-0.39, 0.29) is 0 Å². The first-order valence-electron chi connectivity index (χ1n) is 17.5. The molecule has 1 aliphatic heterocycles. The molecule has 4 unspecified atom stereocenters. The van der Waals surface area contributed by atoms with E-state index in [9.17, 15) is 104 Å². The highest BCUT2D eigenvalue weighted by molar-refractivity contribution is 7.82.